The zero-order chi connectivity index (χ0) is 19.6. The van der Waals surface area contributed by atoms with E-state index in [4.69, 9.17) is 4.99 Å². The summed E-state index contributed by atoms with van der Waals surface area (Å²) in [5, 5.41) is 3.30. The van der Waals surface area contributed by atoms with Crippen LogP contribution in [0.1, 0.15) is 51.7 Å². The van der Waals surface area contributed by atoms with Crippen molar-refractivity contribution >= 4 is 40.0 Å². The van der Waals surface area contributed by atoms with Gasteiger partial charge in [0.25, 0.3) is 0 Å². The molecule has 8 heteroatoms. The van der Waals surface area contributed by atoms with E-state index < -0.39 is 10.0 Å². The van der Waals surface area contributed by atoms with Crippen molar-refractivity contribution < 1.29 is 8.42 Å². The molecule has 0 spiro atoms. The van der Waals surface area contributed by atoms with Crippen molar-refractivity contribution in [3.63, 3.8) is 0 Å². The molecule has 0 bridgehead atoms. The van der Waals surface area contributed by atoms with Gasteiger partial charge in [-0.05, 0) is 38.3 Å². The highest BCUT2D eigenvalue weighted by Gasteiger charge is 2.15. The molecular weight excluding hydrogens is 475 g/mol. The molecule has 156 valence electrons. The number of halogens is 1. The molecule has 27 heavy (non-hydrogen) atoms. The first-order valence-electron chi connectivity index (χ1n) is 9.35. The molecule has 0 heterocycles. The molecule has 0 atom stereocenters. The summed E-state index contributed by atoms with van der Waals surface area (Å²) in [4.78, 5) is 6.82. The van der Waals surface area contributed by atoms with Crippen molar-refractivity contribution in [3.05, 3.63) is 35.4 Å². The number of sulfonamides is 1. The average Bonchev–Trinajstić information content (AvgIpc) is 2.56. The summed E-state index contributed by atoms with van der Waals surface area (Å²) in [5.41, 5.74) is 1.72. The summed E-state index contributed by atoms with van der Waals surface area (Å²) in [6.07, 6.45) is 2.24. The van der Waals surface area contributed by atoms with E-state index in [1.807, 2.05) is 52.1 Å². The topological polar surface area (TPSA) is 73.8 Å². The first-order chi connectivity index (χ1) is 12.3. The lowest BCUT2D eigenvalue weighted by molar-refractivity contribution is 0.465. The van der Waals surface area contributed by atoms with Crippen LogP contribution in [0.5, 0.6) is 0 Å². The van der Waals surface area contributed by atoms with Crippen molar-refractivity contribution in [1.29, 1.82) is 0 Å². The Morgan fingerprint density at radius 2 is 1.81 bits per heavy atom. The Labute approximate surface area is 182 Å². The zero-order valence-corrected chi connectivity index (χ0v) is 20.3. The van der Waals surface area contributed by atoms with Gasteiger partial charge in [-0.3, -0.25) is 0 Å². The van der Waals surface area contributed by atoms with Crippen LogP contribution in [0.4, 0.5) is 0 Å². The molecule has 0 amide bonds. The second-order valence-corrected chi connectivity index (χ2v) is 8.50. The molecule has 1 aromatic carbocycles. The van der Waals surface area contributed by atoms with Crippen molar-refractivity contribution in [3.8, 4) is 0 Å². The van der Waals surface area contributed by atoms with Crippen LogP contribution in [0.15, 0.2) is 29.3 Å². The third kappa shape index (κ3) is 10.3. The number of rotatable bonds is 10. The second-order valence-electron chi connectivity index (χ2n) is 6.75. The molecule has 0 saturated carbocycles. The van der Waals surface area contributed by atoms with Gasteiger partial charge >= 0.3 is 0 Å². The van der Waals surface area contributed by atoms with Gasteiger partial charge in [-0.15, -0.1) is 24.0 Å². The summed E-state index contributed by atoms with van der Waals surface area (Å²) in [6.45, 7) is 10.0. The number of benzene rings is 1. The van der Waals surface area contributed by atoms with Crippen LogP contribution in [-0.4, -0.2) is 45.5 Å². The maximum Gasteiger partial charge on any atom is 0.216 e. The van der Waals surface area contributed by atoms with E-state index in [1.165, 1.54) is 0 Å². The van der Waals surface area contributed by atoms with Crippen molar-refractivity contribution in [2.75, 3.05) is 20.1 Å². The molecule has 0 aliphatic heterocycles. The monoisotopic (exact) mass is 510 g/mol. The number of nitrogens with zero attached hydrogens (tertiary/aromatic N) is 2. The molecule has 0 fully saturated rings. The Kier molecular flexibility index (Phi) is 12.9. The van der Waals surface area contributed by atoms with Gasteiger partial charge in [0, 0.05) is 26.2 Å². The molecule has 0 radical (unpaired) electrons. The Morgan fingerprint density at radius 3 is 2.37 bits per heavy atom. The Hall–Kier alpha value is -0.870. The van der Waals surface area contributed by atoms with Crippen molar-refractivity contribution in [1.82, 2.24) is 14.9 Å². The fourth-order valence-corrected chi connectivity index (χ4v) is 4.08. The van der Waals surface area contributed by atoms with E-state index in [2.05, 4.69) is 21.9 Å². The first kappa shape index (κ1) is 26.1. The maximum atomic E-state index is 12.3. The van der Waals surface area contributed by atoms with E-state index in [0.717, 1.165) is 43.0 Å². The highest BCUT2D eigenvalue weighted by Crippen LogP contribution is 2.14. The van der Waals surface area contributed by atoms with Crippen LogP contribution in [0.3, 0.4) is 0 Å². The van der Waals surface area contributed by atoms with E-state index >= 15 is 0 Å². The van der Waals surface area contributed by atoms with Crippen LogP contribution in [0, 0.1) is 0 Å². The van der Waals surface area contributed by atoms with Gasteiger partial charge in [-0.1, -0.05) is 37.6 Å². The molecule has 0 aromatic heterocycles. The molecule has 2 N–H and O–H groups in total. The molecule has 1 aromatic rings. The van der Waals surface area contributed by atoms with Crippen molar-refractivity contribution in [2.45, 2.75) is 58.9 Å². The molecule has 0 saturated heterocycles. The zero-order valence-electron chi connectivity index (χ0n) is 17.2. The van der Waals surface area contributed by atoms with Gasteiger partial charge in [-0.2, -0.15) is 0 Å². The summed E-state index contributed by atoms with van der Waals surface area (Å²) in [6, 6.07) is 7.48. The first-order valence-corrected chi connectivity index (χ1v) is 11.0. The minimum Gasteiger partial charge on any atom is -0.357 e. The summed E-state index contributed by atoms with van der Waals surface area (Å²) >= 11 is 0. The van der Waals surface area contributed by atoms with Gasteiger partial charge in [-0.25, -0.2) is 18.1 Å². The van der Waals surface area contributed by atoms with Crippen molar-refractivity contribution in [2.24, 2.45) is 4.99 Å². The van der Waals surface area contributed by atoms with Crippen LogP contribution in [0.25, 0.3) is 0 Å². The van der Waals surface area contributed by atoms with E-state index in [0.29, 0.717) is 6.54 Å². The number of nitrogens with one attached hydrogen (secondary N) is 2. The molecule has 1 rings (SSSR count). The largest absolute Gasteiger partial charge is 0.357 e. The Morgan fingerprint density at radius 1 is 1.19 bits per heavy atom. The smallest absolute Gasteiger partial charge is 0.216 e. The number of hydrogen-bond acceptors (Lipinski definition) is 3. The average molecular weight is 510 g/mol. The minimum atomic E-state index is -3.36. The summed E-state index contributed by atoms with van der Waals surface area (Å²) in [7, 11) is -1.33. The predicted molar refractivity (Wildman–Crippen MR) is 125 cm³/mol. The number of hydrogen-bond donors (Lipinski definition) is 2. The summed E-state index contributed by atoms with van der Waals surface area (Å²) < 4.78 is 27.2. The fourth-order valence-electron chi connectivity index (χ4n) is 2.59. The predicted octanol–water partition coefficient (Wildman–Crippen LogP) is 3.33. The van der Waals surface area contributed by atoms with E-state index in [1.54, 1.807) is 0 Å². The lowest BCUT2D eigenvalue weighted by Gasteiger charge is -2.22. The minimum absolute atomic E-state index is 0. The third-order valence-corrected chi connectivity index (χ3v) is 5.34. The molecule has 0 unspecified atom stereocenters. The molecule has 0 aliphatic rings. The molecule has 6 nitrogen and oxygen atoms in total. The highest BCUT2D eigenvalue weighted by atomic mass is 127. The van der Waals surface area contributed by atoms with Gasteiger partial charge in [0.05, 0.1) is 12.3 Å². The van der Waals surface area contributed by atoms with Gasteiger partial charge in [0.2, 0.25) is 10.0 Å². The lowest BCUT2D eigenvalue weighted by atomic mass is 10.1. The van der Waals surface area contributed by atoms with E-state index in [-0.39, 0.29) is 35.8 Å². The Bertz CT molecular complexity index is 678. The van der Waals surface area contributed by atoms with Crippen LogP contribution < -0.4 is 10.0 Å². The van der Waals surface area contributed by atoms with Gasteiger partial charge < -0.3 is 10.2 Å². The standard InChI is InChI=1S/C19H34N4O2S.HI/c1-6-8-13-23(5)19(20-7-2)21-14-17-11-9-10-12-18(17)15-26(24,25)22-16(3)4;/h9-12,16,22H,6-8,13-15H2,1-5H3,(H,20,21);1H. The molecule has 0 aliphatic carbocycles. The lowest BCUT2D eigenvalue weighted by Crippen LogP contribution is -2.39. The quantitative estimate of drug-likeness (QED) is 0.288. The molecular formula is C19H35IN4O2S. The Balaban J connectivity index is 0.00000676. The SMILES string of the molecule is CCCCN(C)C(=NCc1ccccc1CS(=O)(=O)NC(C)C)NCC.I. The third-order valence-electron chi connectivity index (χ3n) is 3.82. The van der Waals surface area contributed by atoms with Gasteiger partial charge in [0.15, 0.2) is 5.96 Å². The number of guanidine groups is 1. The summed E-state index contributed by atoms with van der Waals surface area (Å²) in [5.74, 6) is 0.818. The van der Waals surface area contributed by atoms with Gasteiger partial charge in [0.1, 0.15) is 0 Å². The maximum absolute atomic E-state index is 12.3. The fraction of sp³-hybridized carbons (Fsp3) is 0.632. The highest BCUT2D eigenvalue weighted by molar-refractivity contribution is 14.0. The van der Waals surface area contributed by atoms with Crippen LogP contribution >= 0.6 is 24.0 Å². The van der Waals surface area contributed by atoms with Crippen LogP contribution in [-0.2, 0) is 22.3 Å². The van der Waals surface area contributed by atoms with E-state index in [9.17, 15) is 8.42 Å². The van der Waals surface area contributed by atoms with Crippen LogP contribution in [0.2, 0.25) is 0 Å². The number of aliphatic imine (C=N–C) groups is 1. The number of unbranched alkanes of at least 4 members (excludes halogenated alkanes) is 1. The second kappa shape index (κ2) is 13.3. The normalized spacial score (nSPS) is 12.0.